The van der Waals surface area contributed by atoms with Crippen LogP contribution in [0.1, 0.15) is 65.7 Å². The third-order valence-corrected chi connectivity index (χ3v) is 4.54. The highest BCUT2D eigenvalue weighted by molar-refractivity contribution is 4.86. The van der Waals surface area contributed by atoms with Gasteiger partial charge in [0.05, 0.1) is 6.61 Å². The van der Waals surface area contributed by atoms with Crippen molar-refractivity contribution in [2.45, 2.75) is 77.8 Å². The Kier molecular flexibility index (Phi) is 10.3. The van der Waals surface area contributed by atoms with Crippen LogP contribution in [0.2, 0.25) is 0 Å². The van der Waals surface area contributed by atoms with Gasteiger partial charge in [0.25, 0.3) is 0 Å². The molecule has 3 nitrogen and oxygen atoms in total. The number of methoxy groups -OCH3 is 1. The smallest absolute Gasteiger partial charge is 0.0589 e. The van der Waals surface area contributed by atoms with Crippen molar-refractivity contribution >= 4 is 0 Å². The molecule has 1 fully saturated rings. The van der Waals surface area contributed by atoms with Crippen molar-refractivity contribution in [1.29, 1.82) is 0 Å². The third-order valence-electron chi connectivity index (χ3n) is 4.54. The zero-order chi connectivity index (χ0) is 15.5. The van der Waals surface area contributed by atoms with Crippen LogP contribution in [-0.4, -0.2) is 50.3 Å². The molecular formula is C18H38N2O. The van der Waals surface area contributed by atoms with Gasteiger partial charge < -0.3 is 10.1 Å². The molecule has 21 heavy (non-hydrogen) atoms. The molecule has 0 radical (unpaired) electrons. The van der Waals surface area contributed by atoms with Crippen molar-refractivity contribution in [2.24, 2.45) is 5.92 Å². The number of hydrogen-bond donors (Lipinski definition) is 1. The zero-order valence-corrected chi connectivity index (χ0v) is 14.9. The van der Waals surface area contributed by atoms with E-state index in [9.17, 15) is 0 Å². The molecule has 126 valence electrons. The Labute approximate surface area is 132 Å². The summed E-state index contributed by atoms with van der Waals surface area (Å²) in [7, 11) is 1.82. The van der Waals surface area contributed by atoms with Crippen molar-refractivity contribution in [3.63, 3.8) is 0 Å². The highest BCUT2D eigenvalue weighted by Crippen LogP contribution is 2.23. The van der Waals surface area contributed by atoms with Crippen LogP contribution in [0.5, 0.6) is 0 Å². The molecule has 2 unspecified atom stereocenters. The second kappa shape index (κ2) is 11.4. The lowest BCUT2D eigenvalue weighted by atomic mass is 9.90. The lowest BCUT2D eigenvalue weighted by molar-refractivity contribution is 0.0810. The van der Waals surface area contributed by atoms with Crippen molar-refractivity contribution in [2.75, 3.05) is 33.4 Å². The summed E-state index contributed by atoms with van der Waals surface area (Å²) >= 11 is 0. The van der Waals surface area contributed by atoms with Gasteiger partial charge >= 0.3 is 0 Å². The summed E-state index contributed by atoms with van der Waals surface area (Å²) < 4.78 is 5.35. The van der Waals surface area contributed by atoms with E-state index in [-0.39, 0.29) is 0 Å². The summed E-state index contributed by atoms with van der Waals surface area (Å²) in [6.07, 6.45) is 9.51. The highest BCUT2D eigenvalue weighted by Gasteiger charge is 2.27. The molecule has 0 heterocycles. The molecule has 0 aliphatic heterocycles. The Hall–Kier alpha value is -0.120. The van der Waals surface area contributed by atoms with E-state index >= 15 is 0 Å². The first-order chi connectivity index (χ1) is 10.2. The number of nitrogens with zero attached hydrogens (tertiary/aromatic N) is 1. The molecular weight excluding hydrogens is 260 g/mol. The largest absolute Gasteiger partial charge is 0.383 e. The Morgan fingerprint density at radius 3 is 2.48 bits per heavy atom. The SMILES string of the molecule is CCCNC1CCCCCCC1N(CCOC)CC(C)C. The first-order valence-corrected chi connectivity index (χ1v) is 9.15. The molecule has 1 saturated carbocycles. The van der Waals surface area contributed by atoms with Gasteiger partial charge in [0, 0.05) is 32.3 Å². The summed E-state index contributed by atoms with van der Waals surface area (Å²) in [5.41, 5.74) is 0. The predicted molar refractivity (Wildman–Crippen MR) is 91.9 cm³/mol. The third kappa shape index (κ3) is 7.62. The normalized spacial score (nSPS) is 24.3. The van der Waals surface area contributed by atoms with Gasteiger partial charge in [0.15, 0.2) is 0 Å². The number of nitrogens with one attached hydrogen (secondary N) is 1. The van der Waals surface area contributed by atoms with Crippen LogP contribution in [0.25, 0.3) is 0 Å². The average molecular weight is 299 g/mol. The standard InChI is InChI=1S/C18H38N2O/c1-5-12-19-17-10-8-6-7-9-11-18(17)20(13-14-21-4)15-16(2)3/h16-19H,5-15H2,1-4H3. The Morgan fingerprint density at radius 2 is 1.86 bits per heavy atom. The van der Waals surface area contributed by atoms with Gasteiger partial charge in [-0.2, -0.15) is 0 Å². The van der Waals surface area contributed by atoms with Gasteiger partial charge in [-0.25, -0.2) is 0 Å². The fourth-order valence-electron chi connectivity index (χ4n) is 3.54. The Balaban J connectivity index is 2.72. The topological polar surface area (TPSA) is 24.5 Å². The van der Waals surface area contributed by atoms with Crippen LogP contribution in [0.15, 0.2) is 0 Å². The average Bonchev–Trinajstić information content (AvgIpc) is 2.42. The van der Waals surface area contributed by atoms with E-state index in [1.165, 1.54) is 51.5 Å². The van der Waals surface area contributed by atoms with Crippen LogP contribution >= 0.6 is 0 Å². The summed E-state index contributed by atoms with van der Waals surface area (Å²) in [6, 6.07) is 1.36. The second-order valence-electron chi connectivity index (χ2n) is 7.00. The number of hydrogen-bond acceptors (Lipinski definition) is 3. The molecule has 3 heteroatoms. The lowest BCUT2D eigenvalue weighted by Crippen LogP contribution is -2.52. The van der Waals surface area contributed by atoms with Crippen molar-refractivity contribution in [3.05, 3.63) is 0 Å². The van der Waals surface area contributed by atoms with Gasteiger partial charge in [-0.1, -0.05) is 46.5 Å². The molecule has 1 aliphatic rings. The predicted octanol–water partition coefficient (Wildman–Crippen LogP) is 3.68. The monoisotopic (exact) mass is 298 g/mol. The molecule has 0 spiro atoms. The number of rotatable bonds is 9. The van der Waals surface area contributed by atoms with Crippen molar-refractivity contribution in [3.8, 4) is 0 Å². The van der Waals surface area contributed by atoms with E-state index in [2.05, 4.69) is 31.0 Å². The van der Waals surface area contributed by atoms with E-state index in [1.807, 2.05) is 7.11 Å². The lowest BCUT2D eigenvalue weighted by Gasteiger charge is -2.40. The summed E-state index contributed by atoms with van der Waals surface area (Å²) in [5, 5.41) is 3.84. The van der Waals surface area contributed by atoms with Crippen LogP contribution in [0, 0.1) is 5.92 Å². The van der Waals surface area contributed by atoms with E-state index in [1.54, 1.807) is 0 Å². The summed E-state index contributed by atoms with van der Waals surface area (Å²) in [6.45, 7) is 11.2. The minimum Gasteiger partial charge on any atom is -0.383 e. The van der Waals surface area contributed by atoms with Crippen molar-refractivity contribution < 1.29 is 4.74 Å². The first-order valence-electron chi connectivity index (χ1n) is 9.15. The maximum atomic E-state index is 5.35. The molecule has 0 saturated heterocycles. The fraction of sp³-hybridized carbons (Fsp3) is 1.00. The van der Waals surface area contributed by atoms with Gasteiger partial charge in [-0.3, -0.25) is 4.90 Å². The van der Waals surface area contributed by atoms with Crippen LogP contribution in [0.3, 0.4) is 0 Å². The van der Waals surface area contributed by atoms with Gasteiger partial charge in [0.1, 0.15) is 0 Å². The zero-order valence-electron chi connectivity index (χ0n) is 14.9. The first kappa shape index (κ1) is 18.9. The maximum Gasteiger partial charge on any atom is 0.0589 e. The van der Waals surface area contributed by atoms with Gasteiger partial charge in [-0.05, 0) is 31.7 Å². The fourth-order valence-corrected chi connectivity index (χ4v) is 3.54. The number of ether oxygens (including phenoxy) is 1. The molecule has 1 N–H and O–H groups in total. The maximum absolute atomic E-state index is 5.35. The quantitative estimate of drug-likeness (QED) is 0.703. The molecule has 1 aliphatic carbocycles. The molecule has 0 amide bonds. The molecule has 1 rings (SSSR count). The van der Waals surface area contributed by atoms with Crippen LogP contribution < -0.4 is 5.32 Å². The summed E-state index contributed by atoms with van der Waals surface area (Å²) in [5.74, 6) is 0.721. The van der Waals surface area contributed by atoms with E-state index in [0.29, 0.717) is 12.1 Å². The van der Waals surface area contributed by atoms with Crippen LogP contribution in [-0.2, 0) is 4.74 Å². The molecule has 0 aromatic rings. The van der Waals surface area contributed by atoms with Gasteiger partial charge in [-0.15, -0.1) is 0 Å². The molecule has 0 aromatic carbocycles. The van der Waals surface area contributed by atoms with Crippen LogP contribution in [0.4, 0.5) is 0 Å². The molecule has 2 atom stereocenters. The van der Waals surface area contributed by atoms with E-state index in [0.717, 1.165) is 25.6 Å². The van der Waals surface area contributed by atoms with Gasteiger partial charge in [0.2, 0.25) is 0 Å². The Bertz CT molecular complexity index is 243. The minimum atomic E-state index is 0.667. The summed E-state index contributed by atoms with van der Waals surface area (Å²) in [4.78, 5) is 2.70. The van der Waals surface area contributed by atoms with E-state index in [4.69, 9.17) is 4.74 Å². The second-order valence-corrected chi connectivity index (χ2v) is 7.00. The molecule has 0 aromatic heterocycles. The van der Waals surface area contributed by atoms with Crippen molar-refractivity contribution in [1.82, 2.24) is 10.2 Å². The Morgan fingerprint density at radius 1 is 1.14 bits per heavy atom. The highest BCUT2D eigenvalue weighted by atomic mass is 16.5. The van der Waals surface area contributed by atoms with E-state index < -0.39 is 0 Å². The minimum absolute atomic E-state index is 0.667. The molecule has 0 bridgehead atoms.